The molecule has 0 aliphatic rings. The van der Waals surface area contributed by atoms with E-state index < -0.39 is 0 Å². The Kier molecular flexibility index (Phi) is 5.55. The second kappa shape index (κ2) is 8.03. The summed E-state index contributed by atoms with van der Waals surface area (Å²) in [6, 6.07) is 11.2. The van der Waals surface area contributed by atoms with Gasteiger partial charge in [0.05, 0.1) is 11.8 Å². The SMILES string of the molecule is CCc1ccc(OCC(=O)Nc2cc(OC)c3nc(NN)sc3c2)cc1. The Morgan fingerprint density at radius 1 is 1.27 bits per heavy atom. The van der Waals surface area contributed by atoms with E-state index in [0.29, 0.717) is 27.8 Å². The normalized spacial score (nSPS) is 10.6. The molecule has 1 amide bonds. The molecular weight excluding hydrogens is 352 g/mol. The summed E-state index contributed by atoms with van der Waals surface area (Å²) in [6.45, 7) is 2.01. The summed E-state index contributed by atoms with van der Waals surface area (Å²) in [5, 5.41) is 3.38. The number of aryl methyl sites for hydroxylation is 1. The molecule has 4 N–H and O–H groups in total. The Morgan fingerprint density at radius 3 is 2.69 bits per heavy atom. The second-order valence-electron chi connectivity index (χ2n) is 5.52. The van der Waals surface area contributed by atoms with Crippen LogP contribution in [-0.2, 0) is 11.2 Å². The molecular formula is C18H20N4O3S. The molecule has 0 saturated carbocycles. The molecule has 2 aromatic carbocycles. The lowest BCUT2D eigenvalue weighted by molar-refractivity contribution is -0.118. The fourth-order valence-electron chi connectivity index (χ4n) is 2.46. The highest BCUT2D eigenvalue weighted by Crippen LogP contribution is 2.35. The summed E-state index contributed by atoms with van der Waals surface area (Å²) in [6.07, 6.45) is 0.962. The first kappa shape index (κ1) is 18.0. The van der Waals surface area contributed by atoms with Gasteiger partial charge in [0.1, 0.15) is 17.0 Å². The highest BCUT2D eigenvalue weighted by atomic mass is 32.1. The minimum atomic E-state index is -0.257. The first-order valence-electron chi connectivity index (χ1n) is 8.09. The van der Waals surface area contributed by atoms with Crippen LogP contribution in [0.3, 0.4) is 0 Å². The number of nitrogens with two attached hydrogens (primary N) is 1. The number of ether oxygens (including phenoxy) is 2. The van der Waals surface area contributed by atoms with Gasteiger partial charge >= 0.3 is 0 Å². The molecule has 8 heteroatoms. The number of aromatic nitrogens is 1. The monoisotopic (exact) mass is 372 g/mol. The number of thiazole rings is 1. The van der Waals surface area contributed by atoms with E-state index in [1.807, 2.05) is 30.3 Å². The predicted molar refractivity (Wildman–Crippen MR) is 104 cm³/mol. The zero-order valence-corrected chi connectivity index (χ0v) is 15.4. The third kappa shape index (κ3) is 4.04. The molecule has 3 aromatic rings. The zero-order chi connectivity index (χ0) is 18.5. The highest BCUT2D eigenvalue weighted by molar-refractivity contribution is 7.22. The molecule has 0 spiro atoms. The van der Waals surface area contributed by atoms with Crippen LogP contribution in [0.5, 0.6) is 11.5 Å². The Morgan fingerprint density at radius 2 is 2.04 bits per heavy atom. The lowest BCUT2D eigenvalue weighted by Crippen LogP contribution is -2.20. The molecule has 0 aliphatic heterocycles. The number of methoxy groups -OCH3 is 1. The topological polar surface area (TPSA) is 98.5 Å². The van der Waals surface area contributed by atoms with Crippen LogP contribution in [0.2, 0.25) is 0 Å². The van der Waals surface area contributed by atoms with Crippen molar-refractivity contribution in [3.63, 3.8) is 0 Å². The van der Waals surface area contributed by atoms with Crippen molar-refractivity contribution in [1.82, 2.24) is 4.98 Å². The molecule has 0 saturated heterocycles. The highest BCUT2D eigenvalue weighted by Gasteiger charge is 2.12. The lowest BCUT2D eigenvalue weighted by atomic mass is 10.2. The average Bonchev–Trinajstić information content (AvgIpc) is 3.09. The van der Waals surface area contributed by atoms with Crippen LogP contribution in [0.25, 0.3) is 10.2 Å². The fraction of sp³-hybridized carbons (Fsp3) is 0.222. The van der Waals surface area contributed by atoms with Gasteiger partial charge < -0.3 is 14.8 Å². The number of nitrogens with zero attached hydrogens (tertiary/aromatic N) is 1. The minimum Gasteiger partial charge on any atom is -0.494 e. The van der Waals surface area contributed by atoms with E-state index in [2.05, 4.69) is 22.7 Å². The van der Waals surface area contributed by atoms with E-state index in [9.17, 15) is 4.79 Å². The van der Waals surface area contributed by atoms with Crippen molar-refractivity contribution in [2.24, 2.45) is 5.84 Å². The van der Waals surface area contributed by atoms with Gasteiger partial charge in [0.2, 0.25) is 0 Å². The summed E-state index contributed by atoms with van der Waals surface area (Å²) in [7, 11) is 1.55. The molecule has 0 radical (unpaired) electrons. The molecule has 0 bridgehead atoms. The maximum absolute atomic E-state index is 12.2. The predicted octanol–water partition coefficient (Wildman–Crippen LogP) is 3.17. The summed E-state index contributed by atoms with van der Waals surface area (Å²) in [5.74, 6) is 6.37. The molecule has 26 heavy (non-hydrogen) atoms. The smallest absolute Gasteiger partial charge is 0.262 e. The van der Waals surface area contributed by atoms with Crippen LogP contribution in [0.1, 0.15) is 12.5 Å². The van der Waals surface area contributed by atoms with Gasteiger partial charge in [-0.05, 0) is 30.2 Å². The van der Waals surface area contributed by atoms with Crippen molar-refractivity contribution in [2.45, 2.75) is 13.3 Å². The number of benzene rings is 2. The van der Waals surface area contributed by atoms with E-state index in [1.54, 1.807) is 13.2 Å². The number of hydrogen-bond donors (Lipinski definition) is 3. The van der Waals surface area contributed by atoms with E-state index in [-0.39, 0.29) is 12.5 Å². The van der Waals surface area contributed by atoms with Crippen LogP contribution in [0, 0.1) is 0 Å². The molecule has 0 aliphatic carbocycles. The molecule has 0 atom stereocenters. The quantitative estimate of drug-likeness (QED) is 0.435. The molecule has 136 valence electrons. The molecule has 7 nitrogen and oxygen atoms in total. The van der Waals surface area contributed by atoms with Crippen LogP contribution >= 0.6 is 11.3 Å². The fourth-order valence-corrected chi connectivity index (χ4v) is 3.29. The van der Waals surface area contributed by atoms with Gasteiger partial charge in [0.15, 0.2) is 11.7 Å². The Labute approximate surface area is 155 Å². The number of rotatable bonds is 7. The minimum absolute atomic E-state index is 0.0792. The summed E-state index contributed by atoms with van der Waals surface area (Å²) in [4.78, 5) is 16.5. The lowest BCUT2D eigenvalue weighted by Gasteiger charge is -2.09. The average molecular weight is 372 g/mol. The van der Waals surface area contributed by atoms with Crippen molar-refractivity contribution in [3.05, 3.63) is 42.0 Å². The molecule has 0 unspecified atom stereocenters. The van der Waals surface area contributed by atoms with Crippen molar-refractivity contribution < 1.29 is 14.3 Å². The number of hydrogen-bond acceptors (Lipinski definition) is 7. The number of anilines is 2. The van der Waals surface area contributed by atoms with Crippen molar-refractivity contribution in [1.29, 1.82) is 0 Å². The molecule has 1 heterocycles. The van der Waals surface area contributed by atoms with E-state index in [0.717, 1.165) is 11.1 Å². The van der Waals surface area contributed by atoms with Crippen LogP contribution in [0.15, 0.2) is 36.4 Å². The van der Waals surface area contributed by atoms with Gasteiger partial charge in [0.25, 0.3) is 5.91 Å². The first-order valence-corrected chi connectivity index (χ1v) is 8.91. The maximum Gasteiger partial charge on any atom is 0.262 e. The number of fused-ring (bicyclic) bond motifs is 1. The third-order valence-electron chi connectivity index (χ3n) is 3.79. The standard InChI is InChI=1S/C18H20N4O3S/c1-3-11-4-6-13(7-5-11)25-10-16(23)20-12-8-14(24-2)17-15(9-12)26-18(21-17)22-19/h4-9H,3,10,19H2,1-2H3,(H,20,23)(H,21,22). The number of carbonyl (C=O) groups excluding carboxylic acids is 1. The van der Waals surface area contributed by atoms with Gasteiger partial charge in [0, 0.05) is 11.8 Å². The van der Waals surface area contributed by atoms with E-state index in [1.165, 1.54) is 16.9 Å². The maximum atomic E-state index is 12.2. The largest absolute Gasteiger partial charge is 0.494 e. The molecule has 3 rings (SSSR count). The Balaban J connectivity index is 1.68. The number of nitrogens with one attached hydrogen (secondary N) is 2. The van der Waals surface area contributed by atoms with Crippen molar-refractivity contribution in [2.75, 3.05) is 24.5 Å². The summed E-state index contributed by atoms with van der Waals surface area (Å²) < 4.78 is 11.7. The molecule has 0 fully saturated rings. The first-order chi connectivity index (χ1) is 12.6. The van der Waals surface area contributed by atoms with Gasteiger partial charge in [-0.15, -0.1) is 0 Å². The van der Waals surface area contributed by atoms with E-state index in [4.69, 9.17) is 15.3 Å². The summed E-state index contributed by atoms with van der Waals surface area (Å²) >= 11 is 1.37. The Hall–Kier alpha value is -2.84. The number of hydrazine groups is 1. The van der Waals surface area contributed by atoms with E-state index >= 15 is 0 Å². The summed E-state index contributed by atoms with van der Waals surface area (Å²) in [5.41, 5.74) is 5.04. The zero-order valence-electron chi connectivity index (χ0n) is 14.5. The number of amides is 1. The van der Waals surface area contributed by atoms with Gasteiger partial charge in [-0.2, -0.15) is 0 Å². The van der Waals surface area contributed by atoms with Crippen LogP contribution in [-0.4, -0.2) is 24.6 Å². The number of carbonyl (C=O) groups is 1. The third-order valence-corrected chi connectivity index (χ3v) is 4.72. The molecule has 1 aromatic heterocycles. The van der Waals surface area contributed by atoms with Gasteiger partial charge in [-0.3, -0.25) is 10.2 Å². The van der Waals surface area contributed by atoms with Crippen molar-refractivity contribution in [3.8, 4) is 11.5 Å². The Bertz CT molecular complexity index is 909. The number of nitrogen functional groups attached to an aromatic ring is 1. The van der Waals surface area contributed by atoms with Gasteiger partial charge in [-0.25, -0.2) is 10.8 Å². The van der Waals surface area contributed by atoms with Gasteiger partial charge in [-0.1, -0.05) is 30.4 Å². The van der Waals surface area contributed by atoms with Crippen LogP contribution < -0.4 is 26.1 Å². The second-order valence-corrected chi connectivity index (χ2v) is 6.55. The van der Waals surface area contributed by atoms with Crippen molar-refractivity contribution >= 4 is 38.3 Å². The van der Waals surface area contributed by atoms with Crippen LogP contribution in [0.4, 0.5) is 10.8 Å².